The molecule has 98 valence electrons. The van der Waals surface area contributed by atoms with Gasteiger partial charge in [0.2, 0.25) is 0 Å². The van der Waals surface area contributed by atoms with Crippen molar-refractivity contribution in [3.63, 3.8) is 0 Å². The second-order valence-electron chi connectivity index (χ2n) is 2.83. The Hall–Kier alpha value is -2.18. The van der Waals surface area contributed by atoms with Crippen LogP contribution in [0.3, 0.4) is 0 Å². The maximum atomic E-state index is 7.50. The van der Waals surface area contributed by atoms with Crippen molar-refractivity contribution in [3.8, 4) is 24.7 Å². The molecule has 20 heavy (non-hydrogen) atoms. The molecule has 2 nitrogen and oxygen atoms in total. The van der Waals surface area contributed by atoms with Crippen molar-refractivity contribution in [2.45, 2.75) is 0 Å². The van der Waals surface area contributed by atoms with Gasteiger partial charge in [0.1, 0.15) is 0 Å². The molecule has 0 saturated carbocycles. The molecule has 1 aliphatic carbocycles. The van der Waals surface area contributed by atoms with Crippen LogP contribution in [0.1, 0.15) is 11.1 Å². The van der Waals surface area contributed by atoms with E-state index in [0.29, 0.717) is 0 Å². The average Bonchev–Trinajstić information content (AvgIpc) is 3.11. The Balaban J connectivity index is -0.000000246. The topological polar surface area (TPSA) is 39.8 Å². The minimum atomic E-state index is 0. The third-order valence-electron chi connectivity index (χ3n) is 1.77. The largest absolute Gasteiger partial charge is 0.0767 e. The van der Waals surface area contributed by atoms with Crippen LogP contribution in [0.15, 0.2) is 48.6 Å². The second kappa shape index (κ2) is 19.2. The number of terminal acetylenes is 2. The molecule has 0 N–H and O–H groups in total. The fourth-order valence-corrected chi connectivity index (χ4v) is 0.983. The molecule has 0 saturated heterocycles. The molecular weight excluding hydrogens is 291 g/mol. The van der Waals surface area contributed by atoms with Crippen LogP contribution in [0.2, 0.25) is 0 Å². The predicted octanol–water partition coefficient (Wildman–Crippen LogP) is 2.89. The summed E-state index contributed by atoms with van der Waals surface area (Å²) in [7, 11) is 0. The van der Waals surface area contributed by atoms with Crippen molar-refractivity contribution >= 4 is 0 Å². The van der Waals surface area contributed by atoms with E-state index in [-0.39, 0.29) is 17.1 Å². The van der Waals surface area contributed by atoms with E-state index in [9.17, 15) is 0 Å². The summed E-state index contributed by atoms with van der Waals surface area (Å²) >= 11 is 0. The van der Waals surface area contributed by atoms with Gasteiger partial charge in [0, 0.05) is 34.6 Å². The van der Waals surface area contributed by atoms with Crippen LogP contribution >= 0.6 is 0 Å². The Morgan fingerprint density at radius 2 is 1.00 bits per heavy atom. The Morgan fingerprint density at radius 1 is 0.700 bits per heavy atom. The van der Waals surface area contributed by atoms with Crippen LogP contribution in [-0.4, -0.2) is 0 Å². The van der Waals surface area contributed by atoms with Gasteiger partial charge in [-0.05, 0) is 24.3 Å². The Labute approximate surface area is 130 Å². The zero-order valence-corrected chi connectivity index (χ0v) is 11.7. The van der Waals surface area contributed by atoms with E-state index in [4.69, 9.17) is 22.2 Å². The van der Waals surface area contributed by atoms with Gasteiger partial charge in [0.05, 0.1) is 0 Å². The first-order valence-corrected chi connectivity index (χ1v) is 4.97. The quantitative estimate of drug-likeness (QED) is 0.306. The fourth-order valence-electron chi connectivity index (χ4n) is 0.983. The van der Waals surface area contributed by atoms with Gasteiger partial charge in [-0.15, -0.1) is 12.8 Å². The van der Waals surface area contributed by atoms with Gasteiger partial charge in [-0.1, -0.05) is 36.1 Å². The molecule has 0 unspecified atom stereocenters. The molecule has 1 aromatic rings. The van der Waals surface area contributed by atoms with Gasteiger partial charge in [0.15, 0.2) is 0 Å². The van der Waals surface area contributed by atoms with E-state index < -0.39 is 0 Å². The van der Waals surface area contributed by atoms with Crippen molar-refractivity contribution < 1.29 is 26.4 Å². The van der Waals surface area contributed by atoms with E-state index in [2.05, 4.69) is 25.1 Å². The molecule has 2 rings (SSSR count). The minimum Gasteiger partial charge on any atom is -0.0767 e. The summed E-state index contributed by atoms with van der Waals surface area (Å²) in [6.07, 6.45) is 20.3. The van der Waals surface area contributed by atoms with Crippen LogP contribution in [0, 0.1) is 44.4 Å². The van der Waals surface area contributed by atoms with Crippen molar-refractivity contribution in [3.05, 3.63) is 79.4 Å². The van der Waals surface area contributed by atoms with Crippen LogP contribution in [0.4, 0.5) is 0 Å². The molecule has 1 aliphatic rings. The van der Waals surface area contributed by atoms with Gasteiger partial charge in [-0.25, -0.2) is 0 Å². The van der Waals surface area contributed by atoms with Crippen LogP contribution < -0.4 is 0 Å². The SMILES string of the molecule is C#Cc1ccc(C#C)cc1.[C-]#[O+].[C-]#[O+].[CH]1C=CC=C1.[Mn]. The molecular formula is C17H11MnO2. The van der Waals surface area contributed by atoms with E-state index in [1.807, 2.05) is 55.0 Å². The van der Waals surface area contributed by atoms with Crippen molar-refractivity contribution in [2.75, 3.05) is 0 Å². The molecule has 2 radical (unpaired) electrons. The van der Waals surface area contributed by atoms with Crippen molar-refractivity contribution in [1.82, 2.24) is 0 Å². The smallest absolute Gasteiger partial charge is 0.00506 e. The van der Waals surface area contributed by atoms with Crippen molar-refractivity contribution in [1.29, 1.82) is 0 Å². The summed E-state index contributed by atoms with van der Waals surface area (Å²) in [6.45, 7) is 9.00. The van der Waals surface area contributed by atoms with E-state index in [0.717, 1.165) is 11.1 Å². The maximum absolute atomic E-state index is 7.50. The van der Waals surface area contributed by atoms with Gasteiger partial charge >= 0.3 is 22.6 Å². The van der Waals surface area contributed by atoms with Gasteiger partial charge in [-0.2, -0.15) is 0 Å². The van der Waals surface area contributed by atoms with Crippen LogP contribution in [0.5, 0.6) is 0 Å². The second-order valence-corrected chi connectivity index (χ2v) is 2.83. The standard InChI is InChI=1S/C10H6.C5H5.2CO.Mn/c1-3-9-5-7-10(4-2)8-6-9;1-2-4-5-3-1;2*1-2;/h1-2,5-8H;1-5H;;;. The third kappa shape index (κ3) is 12.3. The molecule has 0 bridgehead atoms. The molecule has 0 amide bonds. The molecule has 1 aromatic carbocycles. The first-order chi connectivity index (χ1) is 9.36. The summed E-state index contributed by atoms with van der Waals surface area (Å²) in [5, 5.41) is 0. The van der Waals surface area contributed by atoms with E-state index in [1.165, 1.54) is 0 Å². The summed E-state index contributed by atoms with van der Waals surface area (Å²) < 4.78 is 15.0. The molecule has 0 heterocycles. The zero-order valence-electron chi connectivity index (χ0n) is 10.5. The summed E-state index contributed by atoms with van der Waals surface area (Å²) in [5.41, 5.74) is 1.72. The fraction of sp³-hybridized carbons (Fsp3) is 0. The summed E-state index contributed by atoms with van der Waals surface area (Å²) in [5.74, 6) is 5.02. The molecule has 0 aliphatic heterocycles. The minimum absolute atomic E-state index is 0. The molecule has 0 atom stereocenters. The summed E-state index contributed by atoms with van der Waals surface area (Å²) in [4.78, 5) is 0. The Morgan fingerprint density at radius 3 is 1.15 bits per heavy atom. The van der Waals surface area contributed by atoms with Crippen molar-refractivity contribution in [2.24, 2.45) is 0 Å². The third-order valence-corrected chi connectivity index (χ3v) is 1.77. The van der Waals surface area contributed by atoms with E-state index in [1.54, 1.807) is 0 Å². The number of allylic oxidation sites excluding steroid dienone is 4. The van der Waals surface area contributed by atoms with Crippen LogP contribution in [-0.2, 0) is 26.4 Å². The van der Waals surface area contributed by atoms with E-state index >= 15 is 0 Å². The normalized spacial score (nSPS) is 8.50. The number of rotatable bonds is 0. The molecule has 0 spiro atoms. The van der Waals surface area contributed by atoms with Crippen LogP contribution in [0.25, 0.3) is 0 Å². The summed E-state index contributed by atoms with van der Waals surface area (Å²) in [6, 6.07) is 7.31. The van der Waals surface area contributed by atoms with Gasteiger partial charge in [0.25, 0.3) is 0 Å². The molecule has 3 heteroatoms. The number of hydrogen-bond acceptors (Lipinski definition) is 0. The first kappa shape index (κ1) is 23.0. The number of benzene rings is 1. The van der Waals surface area contributed by atoms with Gasteiger partial charge < -0.3 is 0 Å². The Bertz CT molecular complexity index is 471. The van der Waals surface area contributed by atoms with Gasteiger partial charge in [-0.3, -0.25) is 0 Å². The zero-order chi connectivity index (χ0) is 14.9. The first-order valence-electron chi connectivity index (χ1n) is 4.97. The Kier molecular flexibility index (Phi) is 22.0. The molecule has 0 fully saturated rings. The monoisotopic (exact) mass is 302 g/mol. The number of hydrogen-bond donors (Lipinski definition) is 0. The maximum Gasteiger partial charge on any atom is 0.00506 e. The molecule has 0 aromatic heterocycles. The predicted molar refractivity (Wildman–Crippen MR) is 72.8 cm³/mol. The average molecular weight is 302 g/mol.